The topological polar surface area (TPSA) is 35.8 Å². The minimum atomic E-state index is 0. The number of aryl methyl sites for hydroxylation is 1. The van der Waals surface area contributed by atoms with Crippen LogP contribution >= 0.6 is 35.6 Å². The molecule has 7 heteroatoms. The Kier molecular flexibility index (Phi) is 9.44. The number of halogens is 2. The molecule has 1 saturated heterocycles. The van der Waals surface area contributed by atoms with Crippen LogP contribution in [0.5, 0.6) is 0 Å². The highest BCUT2D eigenvalue weighted by Crippen LogP contribution is 2.16. The first-order valence-electron chi connectivity index (χ1n) is 8.48. The molecule has 0 amide bonds. The fourth-order valence-electron chi connectivity index (χ4n) is 3.27. The van der Waals surface area contributed by atoms with Gasteiger partial charge in [0.15, 0.2) is 5.96 Å². The molecule has 0 radical (unpaired) electrons. The molecule has 1 aliphatic heterocycles. The minimum Gasteiger partial charge on any atom is -0.356 e. The van der Waals surface area contributed by atoms with Gasteiger partial charge in [-0.3, -0.25) is 4.99 Å². The van der Waals surface area contributed by atoms with Gasteiger partial charge in [-0.2, -0.15) is 0 Å². The largest absolute Gasteiger partial charge is 0.356 e. The molecule has 1 aliphatic rings. The van der Waals surface area contributed by atoms with Gasteiger partial charge in [0.2, 0.25) is 0 Å². The number of piperidine rings is 1. The van der Waals surface area contributed by atoms with Gasteiger partial charge < -0.3 is 19.7 Å². The summed E-state index contributed by atoms with van der Waals surface area (Å²) in [5.41, 5.74) is 1.18. The molecule has 0 aromatic carbocycles. The van der Waals surface area contributed by atoms with Gasteiger partial charge in [0, 0.05) is 46.1 Å². The molecule has 24 heavy (non-hydrogen) atoms. The molecule has 0 bridgehead atoms. The fourth-order valence-corrected chi connectivity index (χ4v) is 3.54. The van der Waals surface area contributed by atoms with Crippen LogP contribution in [0.3, 0.4) is 0 Å². The molecule has 1 atom stereocenters. The van der Waals surface area contributed by atoms with Gasteiger partial charge in [0.25, 0.3) is 0 Å². The van der Waals surface area contributed by atoms with Crippen LogP contribution in [0, 0.1) is 5.92 Å². The third kappa shape index (κ3) is 6.11. The lowest BCUT2D eigenvalue weighted by molar-refractivity contribution is 0.183. The van der Waals surface area contributed by atoms with Crippen molar-refractivity contribution >= 4 is 41.5 Å². The van der Waals surface area contributed by atoms with Crippen LogP contribution in [-0.2, 0) is 13.6 Å². The van der Waals surface area contributed by atoms with Crippen molar-refractivity contribution in [2.45, 2.75) is 26.3 Å². The van der Waals surface area contributed by atoms with Gasteiger partial charge in [0.05, 0.1) is 11.6 Å². The molecule has 2 heterocycles. The lowest BCUT2D eigenvalue weighted by Crippen LogP contribution is -2.44. The lowest BCUT2D eigenvalue weighted by Gasteiger charge is -2.33. The van der Waals surface area contributed by atoms with E-state index in [1.165, 1.54) is 31.6 Å². The molecule has 1 unspecified atom stereocenters. The predicted molar refractivity (Wildman–Crippen MR) is 114 cm³/mol. The fraction of sp³-hybridized carbons (Fsp3) is 0.706. The average molecular weight is 468 g/mol. The van der Waals surface area contributed by atoms with Crippen LogP contribution in [0.1, 0.15) is 25.5 Å². The maximum absolute atomic E-state index is 6.06. The second-order valence-electron chi connectivity index (χ2n) is 6.45. The summed E-state index contributed by atoms with van der Waals surface area (Å²) in [5, 5.41) is 4.32. The first-order valence-corrected chi connectivity index (χ1v) is 8.86. The van der Waals surface area contributed by atoms with Crippen LogP contribution in [0.25, 0.3) is 0 Å². The Morgan fingerprint density at radius 2 is 2.25 bits per heavy atom. The van der Waals surface area contributed by atoms with Crippen molar-refractivity contribution in [3.63, 3.8) is 0 Å². The van der Waals surface area contributed by atoms with Crippen LogP contribution in [-0.4, -0.2) is 60.6 Å². The number of hydrogen-bond acceptors (Lipinski definition) is 2. The number of nitrogens with zero attached hydrogens (tertiary/aromatic N) is 4. The summed E-state index contributed by atoms with van der Waals surface area (Å²) < 4.78 is 2.06. The maximum atomic E-state index is 6.06. The Hall–Kier alpha value is -0.470. The van der Waals surface area contributed by atoms with E-state index in [4.69, 9.17) is 11.6 Å². The molecule has 138 valence electrons. The molecule has 1 N–H and O–H groups in total. The smallest absolute Gasteiger partial charge is 0.193 e. The maximum Gasteiger partial charge on any atom is 0.193 e. The predicted octanol–water partition coefficient (Wildman–Crippen LogP) is 3.04. The third-order valence-corrected chi connectivity index (χ3v) is 4.85. The second-order valence-corrected chi connectivity index (χ2v) is 6.88. The van der Waals surface area contributed by atoms with Gasteiger partial charge in [-0.25, -0.2) is 0 Å². The van der Waals surface area contributed by atoms with Crippen LogP contribution in [0.15, 0.2) is 17.3 Å². The van der Waals surface area contributed by atoms with E-state index in [2.05, 4.69) is 38.6 Å². The third-order valence-electron chi connectivity index (χ3n) is 4.65. The van der Waals surface area contributed by atoms with Gasteiger partial charge in [-0.15, -0.1) is 24.0 Å². The first-order chi connectivity index (χ1) is 11.0. The number of nitrogens with one attached hydrogen (secondary N) is 1. The molecule has 1 aromatic rings. The standard InChI is InChI=1S/C17H30ClN5.HI/c1-5-23-8-6-7-14(11-23)10-20-17(19-2)22(4)13-16-9-15(18)12-21(16)3;/h9,12,14H,5-8,10-11,13H2,1-4H3,(H,19,20);1H. The Morgan fingerprint density at radius 3 is 2.83 bits per heavy atom. The van der Waals surface area contributed by atoms with Crippen LogP contribution in [0.4, 0.5) is 0 Å². The van der Waals surface area contributed by atoms with E-state index in [1.54, 1.807) is 0 Å². The molecule has 0 aliphatic carbocycles. The molecule has 0 spiro atoms. The zero-order chi connectivity index (χ0) is 16.8. The summed E-state index contributed by atoms with van der Waals surface area (Å²) in [6.45, 7) is 7.61. The Bertz CT molecular complexity index is 531. The van der Waals surface area contributed by atoms with Gasteiger partial charge in [-0.1, -0.05) is 18.5 Å². The quantitative estimate of drug-likeness (QED) is 0.411. The highest BCUT2D eigenvalue weighted by atomic mass is 127. The van der Waals surface area contributed by atoms with Crippen LogP contribution in [0.2, 0.25) is 5.02 Å². The Labute approximate surface area is 168 Å². The van der Waals surface area contributed by atoms with E-state index in [0.717, 1.165) is 30.6 Å². The summed E-state index contributed by atoms with van der Waals surface area (Å²) in [4.78, 5) is 9.10. The molecule has 0 saturated carbocycles. The number of aliphatic imine (C=N–C) groups is 1. The Balaban J connectivity index is 0.00000288. The molecular formula is C17H31ClIN5. The summed E-state index contributed by atoms with van der Waals surface area (Å²) in [7, 11) is 5.93. The Morgan fingerprint density at radius 1 is 1.50 bits per heavy atom. The van der Waals surface area contributed by atoms with Crippen molar-refractivity contribution in [2.24, 2.45) is 18.0 Å². The van der Waals surface area contributed by atoms with E-state index in [9.17, 15) is 0 Å². The lowest BCUT2D eigenvalue weighted by atomic mass is 9.98. The van der Waals surface area contributed by atoms with E-state index in [1.807, 2.05) is 26.4 Å². The van der Waals surface area contributed by atoms with Crippen LogP contribution < -0.4 is 5.32 Å². The summed E-state index contributed by atoms with van der Waals surface area (Å²) >= 11 is 6.06. The van der Waals surface area contributed by atoms with Gasteiger partial charge >= 0.3 is 0 Å². The van der Waals surface area contributed by atoms with Crippen molar-refractivity contribution in [3.05, 3.63) is 23.0 Å². The molecule has 1 aromatic heterocycles. The van der Waals surface area contributed by atoms with Gasteiger partial charge in [0.1, 0.15) is 0 Å². The van der Waals surface area contributed by atoms with Gasteiger partial charge in [-0.05, 0) is 37.9 Å². The van der Waals surface area contributed by atoms with Crippen molar-refractivity contribution in [1.82, 2.24) is 19.7 Å². The van der Waals surface area contributed by atoms with Crippen molar-refractivity contribution in [2.75, 3.05) is 40.3 Å². The highest BCUT2D eigenvalue weighted by Gasteiger charge is 2.19. The number of guanidine groups is 1. The zero-order valence-corrected chi connectivity index (χ0v) is 18.3. The summed E-state index contributed by atoms with van der Waals surface area (Å²) in [5.74, 6) is 1.65. The molecule has 1 fully saturated rings. The molecular weight excluding hydrogens is 437 g/mol. The number of hydrogen-bond donors (Lipinski definition) is 1. The van der Waals surface area contributed by atoms with E-state index in [0.29, 0.717) is 5.92 Å². The van der Waals surface area contributed by atoms with Crippen molar-refractivity contribution in [1.29, 1.82) is 0 Å². The minimum absolute atomic E-state index is 0. The first kappa shape index (κ1) is 21.6. The van der Waals surface area contributed by atoms with Crippen molar-refractivity contribution in [3.8, 4) is 0 Å². The number of aromatic nitrogens is 1. The van der Waals surface area contributed by atoms with Crippen molar-refractivity contribution < 1.29 is 0 Å². The summed E-state index contributed by atoms with van der Waals surface area (Å²) in [6.07, 6.45) is 4.54. The number of rotatable bonds is 5. The average Bonchev–Trinajstić information content (AvgIpc) is 2.85. The zero-order valence-electron chi connectivity index (χ0n) is 15.3. The molecule has 2 rings (SSSR count). The molecule has 5 nitrogen and oxygen atoms in total. The monoisotopic (exact) mass is 467 g/mol. The second kappa shape index (κ2) is 10.5. The van der Waals surface area contributed by atoms with E-state index >= 15 is 0 Å². The normalized spacial score (nSPS) is 19.0. The number of likely N-dealkylation sites (tertiary alicyclic amines) is 1. The highest BCUT2D eigenvalue weighted by molar-refractivity contribution is 14.0. The summed E-state index contributed by atoms with van der Waals surface area (Å²) in [6, 6.07) is 2.01. The SMILES string of the molecule is CCN1CCCC(CNC(=NC)N(C)Cc2cc(Cl)cn2C)C1.I. The van der Waals surface area contributed by atoms with E-state index < -0.39 is 0 Å². The van der Waals surface area contributed by atoms with E-state index in [-0.39, 0.29) is 24.0 Å².